The molecule has 0 saturated carbocycles. The molecule has 1 N–H and O–H groups in total. The van der Waals surface area contributed by atoms with Gasteiger partial charge in [-0.25, -0.2) is 9.37 Å². The lowest BCUT2D eigenvalue weighted by Gasteiger charge is -2.34. The van der Waals surface area contributed by atoms with Gasteiger partial charge in [-0.3, -0.25) is 4.79 Å². The summed E-state index contributed by atoms with van der Waals surface area (Å²) in [4.78, 5) is 22.7. The zero-order valence-corrected chi connectivity index (χ0v) is 27.4. The fourth-order valence-electron chi connectivity index (χ4n) is 6.98. The van der Waals surface area contributed by atoms with Crippen molar-refractivity contribution in [3.63, 3.8) is 0 Å². The molecule has 1 aliphatic rings. The molecule has 0 aliphatic carbocycles. The number of hydrogen-bond acceptors (Lipinski definition) is 4. The summed E-state index contributed by atoms with van der Waals surface area (Å²) in [6.07, 6.45) is 3.01. The van der Waals surface area contributed by atoms with Gasteiger partial charge in [0.15, 0.2) is 0 Å². The Labute approximate surface area is 281 Å². The van der Waals surface area contributed by atoms with Crippen molar-refractivity contribution < 1.29 is 9.18 Å². The lowest BCUT2D eigenvalue weighted by molar-refractivity contribution is 0.0782. The Kier molecular flexibility index (Phi) is 9.48. The van der Waals surface area contributed by atoms with Gasteiger partial charge < -0.3 is 19.7 Å². The van der Waals surface area contributed by atoms with Crippen molar-refractivity contribution in [3.05, 3.63) is 144 Å². The number of rotatable bonds is 11. The van der Waals surface area contributed by atoms with E-state index in [0.717, 1.165) is 67.0 Å². The molecule has 1 aliphatic heterocycles. The number of fused-ring (bicyclic) bond motifs is 2. The molecule has 0 spiro atoms. The Hall–Kier alpha value is -5.01. The van der Waals surface area contributed by atoms with Gasteiger partial charge in [-0.1, -0.05) is 84.9 Å². The average Bonchev–Trinajstić information content (AvgIpc) is 3.47. The van der Waals surface area contributed by atoms with E-state index in [1.54, 1.807) is 0 Å². The van der Waals surface area contributed by atoms with Crippen LogP contribution in [0.4, 0.5) is 10.3 Å². The lowest BCUT2D eigenvalue weighted by Crippen LogP contribution is -2.40. The van der Waals surface area contributed by atoms with E-state index in [4.69, 9.17) is 4.98 Å². The normalized spacial score (nSPS) is 14.7. The van der Waals surface area contributed by atoms with Crippen LogP contribution in [0.2, 0.25) is 0 Å². The fraction of sp³-hybridized carbons (Fsp3) is 0.268. The molecule has 1 aromatic heterocycles. The molecule has 5 aromatic carbocycles. The second-order valence-electron chi connectivity index (χ2n) is 13.0. The Bertz CT molecular complexity index is 1980. The predicted molar refractivity (Wildman–Crippen MR) is 193 cm³/mol. The topological polar surface area (TPSA) is 53.4 Å². The Morgan fingerprint density at radius 2 is 1.58 bits per heavy atom. The van der Waals surface area contributed by atoms with E-state index in [1.807, 2.05) is 72.6 Å². The van der Waals surface area contributed by atoms with Crippen LogP contribution in [0.15, 0.2) is 121 Å². The molecule has 1 amide bonds. The van der Waals surface area contributed by atoms with Crippen molar-refractivity contribution in [2.45, 2.75) is 37.8 Å². The van der Waals surface area contributed by atoms with Crippen LogP contribution in [0.5, 0.6) is 0 Å². The molecule has 1 saturated heterocycles. The van der Waals surface area contributed by atoms with E-state index < -0.39 is 0 Å². The molecule has 244 valence electrons. The first-order valence-electron chi connectivity index (χ1n) is 17.0. The Balaban J connectivity index is 1.01. The molecule has 7 heteroatoms. The maximum atomic E-state index is 13.6. The van der Waals surface area contributed by atoms with Gasteiger partial charge in [-0.2, -0.15) is 0 Å². The number of para-hydroxylation sites is 2. The first kappa shape index (κ1) is 31.6. The number of carbonyl (C=O) groups is 1. The summed E-state index contributed by atoms with van der Waals surface area (Å²) < 4.78 is 15.8. The highest BCUT2D eigenvalue weighted by Gasteiger charge is 2.24. The van der Waals surface area contributed by atoms with Crippen molar-refractivity contribution in [1.82, 2.24) is 19.4 Å². The van der Waals surface area contributed by atoms with Crippen LogP contribution in [0.1, 0.15) is 46.7 Å². The van der Waals surface area contributed by atoms with Crippen molar-refractivity contribution in [1.29, 1.82) is 0 Å². The standard InChI is InChI=1S/C41H42FN5O/c1-45(40(48)32-10-3-2-4-11-32)29-35(34-18-17-31-9-5-6-12-33(31)27-34)21-24-46-25-22-37(23-26-46)43-41-44-38-13-7-8-14-39(38)47(41)28-30-15-19-36(42)20-16-30/h2-20,27,35,37H,21-26,28-29H2,1H3,(H,43,44). The molecule has 1 unspecified atom stereocenters. The van der Waals surface area contributed by atoms with E-state index >= 15 is 0 Å². The average molecular weight is 640 g/mol. The number of likely N-dealkylation sites (tertiary alicyclic amines) is 1. The van der Waals surface area contributed by atoms with E-state index in [1.165, 1.54) is 28.5 Å². The van der Waals surface area contributed by atoms with E-state index in [-0.39, 0.29) is 17.6 Å². The number of nitrogens with zero attached hydrogens (tertiary/aromatic N) is 4. The second-order valence-corrected chi connectivity index (χ2v) is 13.0. The molecule has 1 atom stereocenters. The van der Waals surface area contributed by atoms with Gasteiger partial charge in [0, 0.05) is 44.2 Å². The number of halogens is 1. The summed E-state index contributed by atoms with van der Waals surface area (Å²) >= 11 is 0. The minimum Gasteiger partial charge on any atom is -0.353 e. The molecule has 7 rings (SSSR count). The van der Waals surface area contributed by atoms with Crippen LogP contribution >= 0.6 is 0 Å². The highest BCUT2D eigenvalue weighted by molar-refractivity contribution is 5.94. The van der Waals surface area contributed by atoms with Gasteiger partial charge in [-0.05, 0) is 84.1 Å². The van der Waals surface area contributed by atoms with Gasteiger partial charge in [0.2, 0.25) is 5.95 Å². The van der Waals surface area contributed by atoms with Gasteiger partial charge in [0.05, 0.1) is 17.6 Å². The quantitative estimate of drug-likeness (QED) is 0.155. The van der Waals surface area contributed by atoms with Crippen molar-refractivity contribution in [2.24, 2.45) is 0 Å². The van der Waals surface area contributed by atoms with Crippen LogP contribution in [0.3, 0.4) is 0 Å². The van der Waals surface area contributed by atoms with Gasteiger partial charge >= 0.3 is 0 Å². The third kappa shape index (κ3) is 7.26. The summed E-state index contributed by atoms with van der Waals surface area (Å²) in [5.41, 5.74) is 5.05. The maximum Gasteiger partial charge on any atom is 0.253 e. The van der Waals surface area contributed by atoms with Crippen LogP contribution in [0, 0.1) is 5.82 Å². The first-order chi connectivity index (χ1) is 23.5. The number of carbonyl (C=O) groups excluding carboxylic acids is 1. The van der Waals surface area contributed by atoms with Crippen molar-refractivity contribution >= 4 is 33.7 Å². The number of piperidine rings is 1. The molecular weight excluding hydrogens is 597 g/mol. The zero-order valence-electron chi connectivity index (χ0n) is 27.4. The SMILES string of the molecule is CN(CC(CCN1CCC(Nc2nc3ccccc3n2Cc2ccc(F)cc2)CC1)c1ccc2ccccc2c1)C(=O)c1ccccc1. The second kappa shape index (κ2) is 14.4. The summed E-state index contributed by atoms with van der Waals surface area (Å²) in [7, 11) is 1.92. The molecule has 0 bridgehead atoms. The molecule has 0 radical (unpaired) electrons. The van der Waals surface area contributed by atoms with Crippen molar-refractivity contribution in [3.8, 4) is 0 Å². The number of likely N-dealkylation sites (N-methyl/N-ethyl adjacent to an activating group) is 1. The number of nitrogens with one attached hydrogen (secondary N) is 1. The third-order valence-corrected chi connectivity index (χ3v) is 9.73. The largest absolute Gasteiger partial charge is 0.353 e. The zero-order chi connectivity index (χ0) is 32.9. The van der Waals surface area contributed by atoms with Crippen molar-refractivity contribution in [2.75, 3.05) is 38.5 Å². The first-order valence-corrected chi connectivity index (χ1v) is 17.0. The summed E-state index contributed by atoms with van der Waals surface area (Å²) in [6, 6.07) is 40.0. The molecular formula is C41H42FN5O. The van der Waals surface area contributed by atoms with Gasteiger partial charge in [0.25, 0.3) is 5.91 Å². The molecule has 48 heavy (non-hydrogen) atoms. The molecule has 6 aromatic rings. The minimum atomic E-state index is -0.226. The van der Waals surface area contributed by atoms with Crippen LogP contribution < -0.4 is 5.32 Å². The van der Waals surface area contributed by atoms with E-state index in [0.29, 0.717) is 19.1 Å². The molecule has 6 nitrogen and oxygen atoms in total. The Morgan fingerprint density at radius 3 is 2.38 bits per heavy atom. The number of aromatic nitrogens is 2. The highest BCUT2D eigenvalue weighted by atomic mass is 19.1. The predicted octanol–water partition coefficient (Wildman–Crippen LogP) is 8.20. The van der Waals surface area contributed by atoms with Crippen LogP contribution in [-0.2, 0) is 6.54 Å². The lowest BCUT2D eigenvalue weighted by atomic mass is 9.92. The Morgan fingerprint density at radius 1 is 0.875 bits per heavy atom. The monoisotopic (exact) mass is 639 g/mol. The number of benzene rings is 5. The smallest absolute Gasteiger partial charge is 0.253 e. The van der Waals surface area contributed by atoms with E-state index in [9.17, 15) is 9.18 Å². The number of anilines is 1. The number of imidazole rings is 1. The summed E-state index contributed by atoms with van der Waals surface area (Å²) in [6.45, 7) is 4.26. The minimum absolute atomic E-state index is 0.0544. The number of amides is 1. The van der Waals surface area contributed by atoms with Gasteiger partial charge in [-0.15, -0.1) is 0 Å². The maximum absolute atomic E-state index is 13.6. The fourth-order valence-corrected chi connectivity index (χ4v) is 6.98. The van der Waals surface area contributed by atoms with Crippen LogP contribution in [-0.4, -0.2) is 64.5 Å². The van der Waals surface area contributed by atoms with Gasteiger partial charge in [0.1, 0.15) is 5.82 Å². The van der Waals surface area contributed by atoms with Crippen LogP contribution in [0.25, 0.3) is 21.8 Å². The molecule has 1 fully saturated rings. The van der Waals surface area contributed by atoms with E-state index in [2.05, 4.69) is 63.3 Å². The third-order valence-electron chi connectivity index (χ3n) is 9.73. The molecule has 2 heterocycles. The summed E-state index contributed by atoms with van der Waals surface area (Å²) in [5, 5.41) is 6.22. The number of hydrogen-bond donors (Lipinski definition) is 1. The summed E-state index contributed by atoms with van der Waals surface area (Å²) in [5.74, 6) is 0.908. The highest BCUT2D eigenvalue weighted by Crippen LogP contribution is 2.28.